The molecular weight excluding hydrogens is 336 g/mol. The number of carbonyl (C=O) groups is 1. The van der Waals surface area contributed by atoms with Crippen LogP contribution in [-0.2, 0) is 9.53 Å². The highest BCUT2D eigenvalue weighted by Gasteiger charge is 2.00. The van der Waals surface area contributed by atoms with E-state index in [-0.39, 0.29) is 0 Å². The number of unbranched alkanes of at least 4 members (excludes halogenated alkanes) is 2. The molecule has 27 heavy (non-hydrogen) atoms. The molecular formula is C24H30O3. The monoisotopic (exact) mass is 366 g/mol. The third kappa shape index (κ3) is 8.94. The maximum Gasteiger partial charge on any atom is 0.335 e. The van der Waals surface area contributed by atoms with Crippen LogP contribution in [0.2, 0.25) is 0 Å². The van der Waals surface area contributed by atoms with Crippen molar-refractivity contribution in [3.63, 3.8) is 0 Å². The lowest BCUT2D eigenvalue weighted by molar-refractivity contribution is -0.133. The van der Waals surface area contributed by atoms with Crippen molar-refractivity contribution in [2.75, 3.05) is 6.61 Å². The van der Waals surface area contributed by atoms with Crippen LogP contribution >= 0.6 is 0 Å². The molecule has 0 atom stereocenters. The molecule has 0 N–H and O–H groups in total. The van der Waals surface area contributed by atoms with E-state index in [0.717, 1.165) is 30.4 Å². The molecule has 2 aromatic rings. The number of hydrogen-bond acceptors (Lipinski definition) is 3. The van der Waals surface area contributed by atoms with E-state index in [1.54, 1.807) is 6.92 Å². The molecule has 0 fully saturated rings. The molecule has 0 spiro atoms. The molecule has 3 heteroatoms. The largest absolute Gasteiger partial charge is 0.493 e. The zero-order chi connectivity index (χ0) is 20.1. The standard InChI is InChI=1S/C15H18O.C9H12O2/c1-2-3-6-12-16-15-11-7-9-13-8-4-5-10-14(13)15;1-5-9(10)11-8(4)6-7(2)3/h4-5,7-11H,2-3,6,12H2,1H3;5H,1H2,2-4H3. The smallest absolute Gasteiger partial charge is 0.335 e. The fraction of sp³-hybridized carbons (Fsp3) is 0.333. The predicted molar refractivity (Wildman–Crippen MR) is 113 cm³/mol. The highest BCUT2D eigenvalue weighted by molar-refractivity contribution is 5.88. The van der Waals surface area contributed by atoms with E-state index in [1.165, 1.54) is 23.6 Å². The van der Waals surface area contributed by atoms with Crippen LogP contribution in [-0.4, -0.2) is 12.6 Å². The van der Waals surface area contributed by atoms with Gasteiger partial charge in [0.05, 0.1) is 6.61 Å². The average molecular weight is 367 g/mol. The average Bonchev–Trinajstić information content (AvgIpc) is 2.65. The number of carbonyl (C=O) groups excluding carboxylic acids is 1. The van der Waals surface area contributed by atoms with Crippen LogP contribution in [0.5, 0.6) is 5.75 Å². The van der Waals surface area contributed by atoms with E-state index in [0.29, 0.717) is 5.76 Å². The van der Waals surface area contributed by atoms with E-state index < -0.39 is 5.97 Å². The first kappa shape index (κ1) is 22.3. The van der Waals surface area contributed by atoms with Gasteiger partial charge in [-0.2, -0.15) is 0 Å². The van der Waals surface area contributed by atoms with Crippen LogP contribution in [0.3, 0.4) is 0 Å². The fourth-order valence-corrected chi connectivity index (χ4v) is 2.43. The quantitative estimate of drug-likeness (QED) is 0.182. The molecule has 2 aromatic carbocycles. The first-order chi connectivity index (χ1) is 13.0. The second-order valence-electron chi connectivity index (χ2n) is 6.34. The van der Waals surface area contributed by atoms with Gasteiger partial charge in [0.15, 0.2) is 0 Å². The summed E-state index contributed by atoms with van der Waals surface area (Å²) in [5.41, 5.74) is 3.82. The molecule has 0 amide bonds. The highest BCUT2D eigenvalue weighted by atomic mass is 16.5. The summed E-state index contributed by atoms with van der Waals surface area (Å²) in [4.78, 5) is 10.6. The van der Waals surface area contributed by atoms with Gasteiger partial charge in [-0.1, -0.05) is 68.5 Å². The van der Waals surface area contributed by atoms with Crippen LogP contribution in [0.25, 0.3) is 10.8 Å². The van der Waals surface area contributed by atoms with Gasteiger partial charge in [-0.25, -0.2) is 4.79 Å². The molecule has 144 valence electrons. The van der Waals surface area contributed by atoms with E-state index in [2.05, 4.69) is 55.6 Å². The number of fused-ring (bicyclic) bond motifs is 1. The van der Waals surface area contributed by atoms with Gasteiger partial charge in [0.1, 0.15) is 11.5 Å². The molecule has 0 aliphatic rings. The zero-order valence-corrected chi connectivity index (χ0v) is 16.9. The summed E-state index contributed by atoms with van der Waals surface area (Å²) in [6, 6.07) is 14.6. The van der Waals surface area contributed by atoms with Crippen molar-refractivity contribution in [2.24, 2.45) is 0 Å². The molecule has 0 bridgehead atoms. The van der Waals surface area contributed by atoms with Crippen molar-refractivity contribution < 1.29 is 14.3 Å². The minimum atomic E-state index is -0.448. The van der Waals surface area contributed by atoms with E-state index in [4.69, 9.17) is 9.47 Å². The van der Waals surface area contributed by atoms with Crippen molar-refractivity contribution in [1.82, 2.24) is 0 Å². The van der Waals surface area contributed by atoms with E-state index in [1.807, 2.05) is 19.9 Å². The van der Waals surface area contributed by atoms with Crippen molar-refractivity contribution in [1.29, 1.82) is 0 Å². The Morgan fingerprint density at radius 1 is 1.07 bits per heavy atom. The van der Waals surface area contributed by atoms with Crippen molar-refractivity contribution in [2.45, 2.75) is 47.0 Å². The Labute approximate surface area is 163 Å². The SMILES string of the molecule is C=CC(=O)OC(C)=C=C(C)C.CCCCCOc1cccc2ccccc12. The molecule has 0 unspecified atom stereocenters. The summed E-state index contributed by atoms with van der Waals surface area (Å²) < 4.78 is 10.6. The second kappa shape index (κ2) is 12.6. The Balaban J connectivity index is 0.000000293. The topological polar surface area (TPSA) is 35.5 Å². The van der Waals surface area contributed by atoms with Gasteiger partial charge in [-0.05, 0) is 37.3 Å². The molecule has 2 rings (SSSR count). The van der Waals surface area contributed by atoms with Gasteiger partial charge in [0.25, 0.3) is 0 Å². The molecule has 0 heterocycles. The lowest BCUT2D eigenvalue weighted by atomic mass is 10.1. The second-order valence-corrected chi connectivity index (χ2v) is 6.34. The van der Waals surface area contributed by atoms with Crippen LogP contribution in [0.4, 0.5) is 0 Å². The molecule has 0 radical (unpaired) electrons. The van der Waals surface area contributed by atoms with E-state index in [9.17, 15) is 4.79 Å². The molecule has 0 saturated carbocycles. The van der Waals surface area contributed by atoms with E-state index >= 15 is 0 Å². The number of ether oxygens (including phenoxy) is 2. The molecule has 3 nitrogen and oxygen atoms in total. The summed E-state index contributed by atoms with van der Waals surface area (Å²) >= 11 is 0. The summed E-state index contributed by atoms with van der Waals surface area (Å²) in [5, 5.41) is 2.46. The van der Waals surface area contributed by atoms with Gasteiger partial charge in [0, 0.05) is 18.4 Å². The van der Waals surface area contributed by atoms with Gasteiger partial charge >= 0.3 is 5.97 Å². The number of esters is 1. The maximum atomic E-state index is 10.6. The van der Waals surface area contributed by atoms with Crippen molar-refractivity contribution in [3.05, 3.63) is 72.2 Å². The molecule has 0 aliphatic heterocycles. The highest BCUT2D eigenvalue weighted by Crippen LogP contribution is 2.25. The summed E-state index contributed by atoms with van der Waals surface area (Å²) in [6.45, 7) is 11.7. The van der Waals surface area contributed by atoms with Crippen LogP contribution in [0.1, 0.15) is 47.0 Å². The maximum absolute atomic E-state index is 10.6. The molecule has 0 aliphatic carbocycles. The first-order valence-electron chi connectivity index (χ1n) is 9.33. The summed E-state index contributed by atoms with van der Waals surface area (Å²) in [7, 11) is 0. The predicted octanol–water partition coefficient (Wildman–Crippen LogP) is 6.59. The summed E-state index contributed by atoms with van der Waals surface area (Å²) in [6.07, 6.45) is 4.74. The third-order valence-electron chi connectivity index (χ3n) is 3.60. The van der Waals surface area contributed by atoms with Gasteiger partial charge in [-0.15, -0.1) is 0 Å². The van der Waals surface area contributed by atoms with Crippen molar-refractivity contribution >= 4 is 16.7 Å². The van der Waals surface area contributed by atoms with Crippen LogP contribution in [0.15, 0.2) is 72.2 Å². The summed E-state index contributed by atoms with van der Waals surface area (Å²) in [5.74, 6) is 1.03. The third-order valence-corrected chi connectivity index (χ3v) is 3.60. The number of allylic oxidation sites excluding steroid dienone is 1. The lowest BCUT2D eigenvalue weighted by Crippen LogP contribution is -1.97. The van der Waals surface area contributed by atoms with Crippen LogP contribution < -0.4 is 4.74 Å². The first-order valence-corrected chi connectivity index (χ1v) is 9.33. The minimum absolute atomic E-state index is 0.448. The van der Waals surface area contributed by atoms with Gasteiger partial charge in [-0.3, -0.25) is 0 Å². The van der Waals surface area contributed by atoms with Crippen molar-refractivity contribution in [3.8, 4) is 5.75 Å². The number of benzene rings is 2. The van der Waals surface area contributed by atoms with Gasteiger partial charge < -0.3 is 9.47 Å². The Hall–Kier alpha value is -2.77. The zero-order valence-electron chi connectivity index (χ0n) is 16.9. The van der Waals surface area contributed by atoms with Gasteiger partial charge in [0.2, 0.25) is 0 Å². The number of hydrogen-bond donors (Lipinski definition) is 0. The minimum Gasteiger partial charge on any atom is -0.493 e. The Morgan fingerprint density at radius 3 is 2.44 bits per heavy atom. The normalized spacial score (nSPS) is 9.48. The Bertz CT molecular complexity index is 802. The lowest BCUT2D eigenvalue weighted by Gasteiger charge is -2.08. The van der Waals surface area contributed by atoms with Crippen LogP contribution in [0, 0.1) is 0 Å². The Kier molecular flexibility index (Phi) is 10.4. The number of rotatable bonds is 7. The molecule has 0 saturated heterocycles. The Morgan fingerprint density at radius 2 is 1.78 bits per heavy atom. The fourth-order valence-electron chi connectivity index (χ4n) is 2.43. The molecule has 0 aromatic heterocycles.